The fraction of sp³-hybridized carbons (Fsp3) is 0.294. The molecule has 0 aliphatic heterocycles. The number of carboxylic acid groups (broad SMARTS) is 1. The van der Waals surface area contributed by atoms with Gasteiger partial charge in [-0.3, -0.25) is 0 Å². The Bertz CT molecular complexity index is 648. The first-order valence-corrected chi connectivity index (χ1v) is 7.90. The highest BCUT2D eigenvalue weighted by Crippen LogP contribution is 2.24. The maximum Gasteiger partial charge on any atom is 0.335 e. The summed E-state index contributed by atoms with van der Waals surface area (Å²) >= 11 is 1.58. The molecule has 1 aromatic carbocycles. The van der Waals surface area contributed by atoms with Gasteiger partial charge in [0, 0.05) is 11.4 Å². The van der Waals surface area contributed by atoms with Gasteiger partial charge in [-0.2, -0.15) is 0 Å². The van der Waals surface area contributed by atoms with Gasteiger partial charge in [0.25, 0.3) is 0 Å². The Balaban J connectivity index is 2.19. The second kappa shape index (κ2) is 6.76. The third kappa shape index (κ3) is 4.33. The van der Waals surface area contributed by atoms with Crippen LogP contribution in [0.1, 0.15) is 39.7 Å². The van der Waals surface area contributed by atoms with Crippen LogP contribution in [0, 0.1) is 13.8 Å². The number of nitrogens with zero attached hydrogens (tertiary/aromatic N) is 1. The summed E-state index contributed by atoms with van der Waals surface area (Å²) < 4.78 is 0. The summed E-state index contributed by atoms with van der Waals surface area (Å²) in [5.41, 5.74) is 4.85. The molecule has 0 radical (unpaired) electrons. The lowest BCUT2D eigenvalue weighted by atomic mass is 10.1. The lowest BCUT2D eigenvalue weighted by Gasteiger charge is -2.07. The number of hydrogen-bond donors (Lipinski definition) is 1. The quantitative estimate of drug-likeness (QED) is 0.839. The number of carboxylic acids is 1. The highest BCUT2D eigenvalue weighted by atomic mass is 32.2. The van der Waals surface area contributed by atoms with E-state index in [-0.39, 0.29) is 0 Å². The van der Waals surface area contributed by atoms with Crippen molar-refractivity contribution in [3.8, 4) is 0 Å². The van der Waals surface area contributed by atoms with E-state index in [0.717, 1.165) is 22.9 Å². The van der Waals surface area contributed by atoms with Crippen LogP contribution in [0.4, 0.5) is 0 Å². The first-order chi connectivity index (χ1) is 9.97. The number of rotatable bonds is 5. The molecular weight excluding hydrogens is 282 g/mol. The van der Waals surface area contributed by atoms with Crippen LogP contribution in [0.2, 0.25) is 0 Å². The molecule has 1 heterocycles. The first-order valence-electron chi connectivity index (χ1n) is 6.92. The van der Waals surface area contributed by atoms with Crippen molar-refractivity contribution in [2.75, 3.05) is 0 Å². The molecule has 0 atom stereocenters. The van der Waals surface area contributed by atoms with E-state index in [0.29, 0.717) is 5.56 Å². The van der Waals surface area contributed by atoms with Crippen molar-refractivity contribution in [3.05, 3.63) is 58.3 Å². The average molecular weight is 301 g/mol. The minimum atomic E-state index is -0.902. The number of aryl methyl sites for hydroxylation is 3. The smallest absolute Gasteiger partial charge is 0.335 e. The molecule has 1 aromatic heterocycles. The van der Waals surface area contributed by atoms with E-state index in [2.05, 4.69) is 37.0 Å². The molecule has 0 amide bonds. The molecule has 0 fully saturated rings. The molecule has 0 saturated heterocycles. The molecule has 110 valence electrons. The summed E-state index contributed by atoms with van der Waals surface area (Å²) in [7, 11) is 0. The number of benzene rings is 1. The molecular formula is C17H19NO2S. The van der Waals surface area contributed by atoms with Crippen LogP contribution in [-0.2, 0) is 12.2 Å². The summed E-state index contributed by atoms with van der Waals surface area (Å²) in [6.45, 7) is 6.14. The van der Waals surface area contributed by atoms with Crippen LogP contribution in [0.15, 0.2) is 35.4 Å². The molecule has 2 rings (SSSR count). The van der Waals surface area contributed by atoms with Gasteiger partial charge in [0.05, 0.1) is 10.6 Å². The maximum atomic E-state index is 11.1. The Morgan fingerprint density at radius 3 is 2.38 bits per heavy atom. The van der Waals surface area contributed by atoms with E-state index in [1.165, 1.54) is 16.7 Å². The maximum absolute atomic E-state index is 11.1. The van der Waals surface area contributed by atoms with Gasteiger partial charge in [-0.05, 0) is 38.0 Å². The second-order valence-electron chi connectivity index (χ2n) is 5.13. The predicted molar refractivity (Wildman–Crippen MR) is 86.1 cm³/mol. The number of carbonyl (C=O) groups is 1. The number of pyridine rings is 1. The van der Waals surface area contributed by atoms with Crippen molar-refractivity contribution in [1.82, 2.24) is 4.98 Å². The normalized spacial score (nSPS) is 10.6. The summed E-state index contributed by atoms with van der Waals surface area (Å²) in [6.07, 6.45) is 0.734. The largest absolute Gasteiger partial charge is 0.478 e. The molecule has 0 aliphatic carbocycles. The Morgan fingerprint density at radius 1 is 1.14 bits per heavy atom. The topological polar surface area (TPSA) is 50.2 Å². The Morgan fingerprint density at radius 2 is 1.81 bits per heavy atom. The van der Waals surface area contributed by atoms with Crippen molar-refractivity contribution >= 4 is 17.7 Å². The van der Waals surface area contributed by atoms with Crippen molar-refractivity contribution in [2.45, 2.75) is 38.0 Å². The third-order valence-electron chi connectivity index (χ3n) is 3.13. The Kier molecular flexibility index (Phi) is 5.02. The third-order valence-corrected chi connectivity index (χ3v) is 4.11. The molecule has 0 unspecified atom stereocenters. The van der Waals surface area contributed by atoms with Crippen LogP contribution >= 0.6 is 11.8 Å². The Hall–Kier alpha value is -1.81. The second-order valence-corrected chi connectivity index (χ2v) is 6.12. The standard InChI is InChI=1S/C17H19NO2S/c1-4-15-8-14(17(19)20)9-16(18-15)21-10-13-6-11(2)5-12(3)7-13/h5-9H,4,10H2,1-3H3,(H,19,20). The van der Waals surface area contributed by atoms with Crippen molar-refractivity contribution < 1.29 is 9.90 Å². The summed E-state index contributed by atoms with van der Waals surface area (Å²) in [5.74, 6) is -0.109. The van der Waals surface area contributed by atoms with Crippen LogP contribution in [-0.4, -0.2) is 16.1 Å². The lowest BCUT2D eigenvalue weighted by molar-refractivity contribution is 0.0696. The monoisotopic (exact) mass is 301 g/mol. The van der Waals surface area contributed by atoms with E-state index in [9.17, 15) is 4.79 Å². The van der Waals surface area contributed by atoms with E-state index < -0.39 is 5.97 Å². The summed E-state index contributed by atoms with van der Waals surface area (Å²) in [5, 5.41) is 9.92. The molecule has 0 bridgehead atoms. The van der Waals surface area contributed by atoms with Gasteiger partial charge >= 0.3 is 5.97 Å². The number of aromatic nitrogens is 1. The van der Waals surface area contributed by atoms with Crippen LogP contribution in [0.3, 0.4) is 0 Å². The minimum absolute atomic E-state index is 0.310. The molecule has 1 N–H and O–H groups in total. The molecule has 2 aromatic rings. The van der Waals surface area contributed by atoms with Gasteiger partial charge in [0.15, 0.2) is 0 Å². The van der Waals surface area contributed by atoms with Gasteiger partial charge in [-0.25, -0.2) is 9.78 Å². The number of thioether (sulfide) groups is 1. The van der Waals surface area contributed by atoms with Crippen molar-refractivity contribution in [2.24, 2.45) is 0 Å². The van der Waals surface area contributed by atoms with E-state index >= 15 is 0 Å². The number of hydrogen-bond acceptors (Lipinski definition) is 3. The SMILES string of the molecule is CCc1cc(C(=O)O)cc(SCc2cc(C)cc(C)c2)n1. The van der Waals surface area contributed by atoms with Crippen LogP contribution in [0.5, 0.6) is 0 Å². The van der Waals surface area contributed by atoms with E-state index in [1.807, 2.05) is 6.92 Å². The van der Waals surface area contributed by atoms with Crippen molar-refractivity contribution in [3.63, 3.8) is 0 Å². The molecule has 4 heteroatoms. The fourth-order valence-corrected chi connectivity index (χ4v) is 3.12. The summed E-state index contributed by atoms with van der Waals surface area (Å²) in [4.78, 5) is 15.6. The number of aromatic carboxylic acids is 1. The fourth-order valence-electron chi connectivity index (χ4n) is 2.25. The van der Waals surface area contributed by atoms with Gasteiger partial charge in [-0.15, -0.1) is 11.8 Å². The van der Waals surface area contributed by atoms with Gasteiger partial charge in [0.1, 0.15) is 0 Å². The molecule has 3 nitrogen and oxygen atoms in total. The highest BCUT2D eigenvalue weighted by molar-refractivity contribution is 7.98. The molecule has 0 aliphatic rings. The zero-order valence-electron chi connectivity index (χ0n) is 12.5. The van der Waals surface area contributed by atoms with Gasteiger partial charge in [-0.1, -0.05) is 36.2 Å². The molecule has 0 saturated carbocycles. The first kappa shape index (κ1) is 15.6. The lowest BCUT2D eigenvalue weighted by Crippen LogP contribution is -2.00. The van der Waals surface area contributed by atoms with Crippen LogP contribution < -0.4 is 0 Å². The zero-order chi connectivity index (χ0) is 15.4. The van der Waals surface area contributed by atoms with Crippen LogP contribution in [0.25, 0.3) is 0 Å². The van der Waals surface area contributed by atoms with E-state index in [1.54, 1.807) is 23.9 Å². The van der Waals surface area contributed by atoms with Crippen molar-refractivity contribution in [1.29, 1.82) is 0 Å². The molecule has 0 spiro atoms. The molecule has 21 heavy (non-hydrogen) atoms. The Labute approximate surface area is 129 Å². The predicted octanol–water partition coefficient (Wildman–Crippen LogP) is 4.25. The van der Waals surface area contributed by atoms with Gasteiger partial charge in [0.2, 0.25) is 0 Å². The zero-order valence-corrected chi connectivity index (χ0v) is 13.3. The minimum Gasteiger partial charge on any atom is -0.478 e. The average Bonchev–Trinajstić information content (AvgIpc) is 2.43. The van der Waals surface area contributed by atoms with E-state index in [4.69, 9.17) is 5.11 Å². The highest BCUT2D eigenvalue weighted by Gasteiger charge is 2.08. The summed E-state index contributed by atoms with van der Waals surface area (Å²) in [6, 6.07) is 9.74. The van der Waals surface area contributed by atoms with Gasteiger partial charge < -0.3 is 5.11 Å².